The van der Waals surface area contributed by atoms with Crippen molar-refractivity contribution in [3.63, 3.8) is 0 Å². The Hall–Kier alpha value is -0.650. The lowest BCUT2D eigenvalue weighted by Crippen LogP contribution is -2.05. The van der Waals surface area contributed by atoms with Crippen LogP contribution >= 0.6 is 38.9 Å². The van der Waals surface area contributed by atoms with Crippen molar-refractivity contribution in [1.29, 1.82) is 0 Å². The van der Waals surface area contributed by atoms with E-state index in [0.29, 0.717) is 5.92 Å². The van der Waals surface area contributed by atoms with Crippen molar-refractivity contribution in [2.75, 3.05) is 11.9 Å². The van der Waals surface area contributed by atoms with Gasteiger partial charge in [0.1, 0.15) is 10.2 Å². The standard InChI is InChI=1S/C14H15BrClN3S/c1-2-5-17-12-7-10(8-3-4-8)18-14(19-12)11-6-9(15)13(16)20-11/h6-8H,2-5H2,1H3,(H,17,18,19). The smallest absolute Gasteiger partial charge is 0.171 e. The van der Waals surface area contributed by atoms with E-state index in [2.05, 4.69) is 39.2 Å². The second-order valence-corrected chi connectivity index (χ2v) is 7.44. The average molecular weight is 373 g/mol. The Bertz CT molecular complexity index is 605. The molecule has 0 amide bonds. The van der Waals surface area contributed by atoms with Crippen molar-refractivity contribution in [3.05, 3.63) is 26.6 Å². The highest BCUT2D eigenvalue weighted by Crippen LogP contribution is 2.41. The average Bonchev–Trinajstić information content (AvgIpc) is 3.23. The van der Waals surface area contributed by atoms with Gasteiger partial charge in [0.25, 0.3) is 0 Å². The van der Waals surface area contributed by atoms with Crippen LogP contribution in [0.25, 0.3) is 10.7 Å². The number of rotatable bonds is 5. The van der Waals surface area contributed by atoms with Crippen LogP contribution < -0.4 is 5.32 Å². The summed E-state index contributed by atoms with van der Waals surface area (Å²) in [5, 5.41) is 3.36. The van der Waals surface area contributed by atoms with Crippen molar-refractivity contribution >= 4 is 44.7 Å². The second kappa shape index (κ2) is 6.00. The van der Waals surface area contributed by atoms with Gasteiger partial charge >= 0.3 is 0 Å². The zero-order valence-corrected chi connectivity index (χ0v) is 14.3. The summed E-state index contributed by atoms with van der Waals surface area (Å²) in [6, 6.07) is 4.07. The van der Waals surface area contributed by atoms with Gasteiger partial charge in [0.15, 0.2) is 5.82 Å². The van der Waals surface area contributed by atoms with Crippen LogP contribution in [0.15, 0.2) is 16.6 Å². The number of hydrogen-bond donors (Lipinski definition) is 1. The highest BCUT2D eigenvalue weighted by Gasteiger charge is 2.26. The summed E-state index contributed by atoms with van der Waals surface area (Å²) in [6.45, 7) is 3.07. The molecule has 0 unspecified atom stereocenters. The molecule has 6 heteroatoms. The van der Waals surface area contributed by atoms with Gasteiger partial charge in [-0.25, -0.2) is 9.97 Å². The van der Waals surface area contributed by atoms with E-state index in [1.54, 1.807) is 0 Å². The maximum Gasteiger partial charge on any atom is 0.171 e. The SMILES string of the molecule is CCCNc1cc(C2CC2)nc(-c2cc(Br)c(Cl)s2)n1. The molecule has 2 heterocycles. The molecule has 0 saturated heterocycles. The Morgan fingerprint density at radius 2 is 2.20 bits per heavy atom. The van der Waals surface area contributed by atoms with Crippen LogP contribution in [-0.4, -0.2) is 16.5 Å². The number of thiophene rings is 1. The van der Waals surface area contributed by atoms with Gasteiger partial charge in [-0.2, -0.15) is 0 Å². The number of hydrogen-bond acceptors (Lipinski definition) is 4. The van der Waals surface area contributed by atoms with Crippen molar-refractivity contribution in [3.8, 4) is 10.7 Å². The molecule has 2 aromatic heterocycles. The number of nitrogens with one attached hydrogen (secondary N) is 1. The molecule has 2 aromatic rings. The predicted octanol–water partition coefficient (Wildman–Crippen LogP) is 5.32. The third kappa shape index (κ3) is 3.15. The molecule has 1 N–H and O–H groups in total. The first-order valence-corrected chi connectivity index (χ1v) is 8.74. The first-order valence-electron chi connectivity index (χ1n) is 6.75. The number of nitrogens with zero attached hydrogens (tertiary/aromatic N) is 2. The van der Waals surface area contributed by atoms with Gasteiger partial charge in [-0.3, -0.25) is 0 Å². The van der Waals surface area contributed by atoms with E-state index < -0.39 is 0 Å². The molecule has 0 aliphatic heterocycles. The molecule has 0 spiro atoms. The first kappa shape index (κ1) is 14.3. The molecule has 0 bridgehead atoms. The van der Waals surface area contributed by atoms with Crippen LogP contribution in [0.3, 0.4) is 0 Å². The Morgan fingerprint density at radius 3 is 2.80 bits per heavy atom. The number of aromatic nitrogens is 2. The summed E-state index contributed by atoms with van der Waals surface area (Å²) in [6.07, 6.45) is 3.55. The van der Waals surface area contributed by atoms with Gasteiger partial charge in [-0.1, -0.05) is 18.5 Å². The minimum atomic E-state index is 0.609. The lowest BCUT2D eigenvalue weighted by molar-refractivity contribution is 0.949. The molecule has 1 aliphatic carbocycles. The fourth-order valence-electron chi connectivity index (χ4n) is 1.96. The van der Waals surface area contributed by atoms with E-state index in [-0.39, 0.29) is 0 Å². The van der Waals surface area contributed by atoms with E-state index >= 15 is 0 Å². The van der Waals surface area contributed by atoms with Crippen LogP contribution in [0.5, 0.6) is 0 Å². The summed E-state index contributed by atoms with van der Waals surface area (Å²) in [5.74, 6) is 2.29. The lowest BCUT2D eigenvalue weighted by Gasteiger charge is -2.08. The molecule has 0 aromatic carbocycles. The summed E-state index contributed by atoms with van der Waals surface area (Å²) in [5.41, 5.74) is 1.15. The summed E-state index contributed by atoms with van der Waals surface area (Å²) in [7, 11) is 0. The second-order valence-electron chi connectivity index (χ2n) is 4.94. The van der Waals surface area contributed by atoms with E-state index in [9.17, 15) is 0 Å². The lowest BCUT2D eigenvalue weighted by atomic mass is 10.2. The van der Waals surface area contributed by atoms with Gasteiger partial charge in [0.05, 0.1) is 4.88 Å². The molecular formula is C14H15BrClN3S. The maximum absolute atomic E-state index is 6.12. The van der Waals surface area contributed by atoms with Gasteiger partial charge < -0.3 is 5.32 Å². The van der Waals surface area contributed by atoms with Gasteiger partial charge in [-0.15, -0.1) is 11.3 Å². The molecule has 3 nitrogen and oxygen atoms in total. The largest absolute Gasteiger partial charge is 0.370 e. The molecule has 1 saturated carbocycles. The molecule has 0 atom stereocenters. The molecule has 106 valence electrons. The number of anilines is 1. The van der Waals surface area contributed by atoms with Crippen LogP contribution in [-0.2, 0) is 0 Å². The van der Waals surface area contributed by atoms with Gasteiger partial charge in [-0.05, 0) is 41.3 Å². The van der Waals surface area contributed by atoms with E-state index in [1.807, 2.05) is 6.07 Å². The van der Waals surface area contributed by atoms with Crippen LogP contribution in [0.2, 0.25) is 4.34 Å². The van der Waals surface area contributed by atoms with Crippen molar-refractivity contribution in [1.82, 2.24) is 9.97 Å². The Kier molecular flexibility index (Phi) is 4.29. The first-order chi connectivity index (χ1) is 9.67. The Labute approximate surface area is 135 Å². The maximum atomic E-state index is 6.12. The third-order valence-corrected chi connectivity index (χ3v) is 5.63. The monoisotopic (exact) mass is 371 g/mol. The summed E-state index contributed by atoms with van der Waals surface area (Å²) >= 11 is 11.1. The molecule has 1 aliphatic rings. The summed E-state index contributed by atoms with van der Waals surface area (Å²) in [4.78, 5) is 10.3. The molecular weight excluding hydrogens is 358 g/mol. The fourth-order valence-corrected chi connectivity index (χ4v) is 3.60. The molecule has 20 heavy (non-hydrogen) atoms. The van der Waals surface area contributed by atoms with E-state index in [4.69, 9.17) is 16.6 Å². The quantitative estimate of drug-likeness (QED) is 0.771. The van der Waals surface area contributed by atoms with Crippen molar-refractivity contribution in [2.45, 2.75) is 32.1 Å². The molecule has 0 radical (unpaired) electrons. The Balaban J connectivity index is 1.97. The minimum Gasteiger partial charge on any atom is -0.370 e. The zero-order chi connectivity index (χ0) is 14.1. The van der Waals surface area contributed by atoms with Crippen LogP contribution in [0.1, 0.15) is 37.8 Å². The highest BCUT2D eigenvalue weighted by molar-refractivity contribution is 9.10. The number of halogens is 2. The van der Waals surface area contributed by atoms with Crippen LogP contribution in [0, 0.1) is 0 Å². The van der Waals surface area contributed by atoms with E-state index in [0.717, 1.165) is 44.0 Å². The highest BCUT2D eigenvalue weighted by atomic mass is 79.9. The fraction of sp³-hybridized carbons (Fsp3) is 0.429. The van der Waals surface area contributed by atoms with E-state index in [1.165, 1.54) is 24.2 Å². The zero-order valence-electron chi connectivity index (χ0n) is 11.1. The van der Waals surface area contributed by atoms with Crippen molar-refractivity contribution < 1.29 is 0 Å². The molecule has 1 fully saturated rings. The molecule has 3 rings (SSSR count). The van der Waals surface area contributed by atoms with Crippen molar-refractivity contribution in [2.24, 2.45) is 0 Å². The van der Waals surface area contributed by atoms with Gasteiger partial charge in [0, 0.05) is 28.7 Å². The van der Waals surface area contributed by atoms with Gasteiger partial charge in [0.2, 0.25) is 0 Å². The Morgan fingerprint density at radius 1 is 1.40 bits per heavy atom. The predicted molar refractivity (Wildman–Crippen MR) is 88.8 cm³/mol. The third-order valence-electron chi connectivity index (χ3n) is 3.16. The minimum absolute atomic E-state index is 0.609. The topological polar surface area (TPSA) is 37.8 Å². The van der Waals surface area contributed by atoms with Crippen LogP contribution in [0.4, 0.5) is 5.82 Å². The normalized spacial score (nSPS) is 14.6. The summed E-state index contributed by atoms with van der Waals surface area (Å²) < 4.78 is 1.64.